The minimum atomic E-state index is -0.580. The number of hydrogen-bond donors (Lipinski definition) is 2. The van der Waals surface area contributed by atoms with Gasteiger partial charge in [0.25, 0.3) is 11.8 Å². The molecule has 3 aromatic rings. The second-order valence-corrected chi connectivity index (χ2v) is 5.69. The van der Waals surface area contributed by atoms with Gasteiger partial charge in [-0.05, 0) is 18.1 Å². The molecular weight excluding hydrogens is 346 g/mol. The molecule has 0 fully saturated rings. The molecule has 0 saturated carbocycles. The summed E-state index contributed by atoms with van der Waals surface area (Å²) in [5.74, 6) is 0.0429. The Labute approximate surface area is 156 Å². The van der Waals surface area contributed by atoms with E-state index in [9.17, 15) is 9.59 Å². The monoisotopic (exact) mass is 365 g/mol. The largest absolute Gasteiger partial charge is 0.483 e. The van der Waals surface area contributed by atoms with E-state index >= 15 is 0 Å². The van der Waals surface area contributed by atoms with Crippen LogP contribution < -0.4 is 15.6 Å². The van der Waals surface area contributed by atoms with E-state index in [0.29, 0.717) is 11.5 Å². The average molecular weight is 365 g/mol. The van der Waals surface area contributed by atoms with Crippen LogP contribution in [0.5, 0.6) is 5.75 Å². The van der Waals surface area contributed by atoms with Crippen molar-refractivity contribution in [1.82, 2.24) is 16.0 Å². The van der Waals surface area contributed by atoms with Gasteiger partial charge in [0.2, 0.25) is 0 Å². The van der Waals surface area contributed by atoms with Crippen LogP contribution in [-0.4, -0.2) is 23.6 Å². The van der Waals surface area contributed by atoms with E-state index in [4.69, 9.17) is 9.26 Å². The van der Waals surface area contributed by atoms with E-state index in [1.807, 2.05) is 55.5 Å². The van der Waals surface area contributed by atoms with Crippen molar-refractivity contribution in [3.05, 3.63) is 71.9 Å². The van der Waals surface area contributed by atoms with Crippen LogP contribution in [0.2, 0.25) is 0 Å². The number of aryl methyl sites for hydroxylation is 1. The second kappa shape index (κ2) is 8.66. The van der Waals surface area contributed by atoms with Gasteiger partial charge in [-0.3, -0.25) is 20.4 Å². The fourth-order valence-corrected chi connectivity index (χ4v) is 2.43. The molecule has 1 heterocycles. The number of aromatic nitrogens is 1. The highest BCUT2D eigenvalue weighted by molar-refractivity contribution is 5.94. The molecule has 3 rings (SSSR count). The molecule has 2 N–H and O–H groups in total. The molecule has 27 heavy (non-hydrogen) atoms. The maximum Gasteiger partial charge on any atom is 0.291 e. The van der Waals surface area contributed by atoms with Crippen molar-refractivity contribution < 1.29 is 18.8 Å². The summed E-state index contributed by atoms with van der Waals surface area (Å²) in [6.07, 6.45) is 0.796. The van der Waals surface area contributed by atoms with Gasteiger partial charge in [0.15, 0.2) is 18.1 Å². The summed E-state index contributed by atoms with van der Waals surface area (Å²) >= 11 is 0. The number of hydrogen-bond acceptors (Lipinski definition) is 5. The molecule has 1 aromatic heterocycles. The zero-order valence-electron chi connectivity index (χ0n) is 14.8. The Kier molecular flexibility index (Phi) is 5.84. The molecule has 0 bridgehead atoms. The number of para-hydroxylation sites is 1. The summed E-state index contributed by atoms with van der Waals surface area (Å²) < 4.78 is 10.7. The van der Waals surface area contributed by atoms with E-state index in [1.54, 1.807) is 6.07 Å². The molecular formula is C20H19N3O4. The number of amides is 2. The van der Waals surface area contributed by atoms with Crippen LogP contribution in [-0.2, 0) is 11.2 Å². The summed E-state index contributed by atoms with van der Waals surface area (Å²) in [5.41, 5.74) is 6.45. The Hall–Kier alpha value is -3.61. The highest BCUT2D eigenvalue weighted by Crippen LogP contribution is 2.19. The molecule has 0 spiro atoms. The van der Waals surface area contributed by atoms with Crippen LogP contribution in [0.4, 0.5) is 0 Å². The number of rotatable bonds is 6. The maximum absolute atomic E-state index is 12.1. The predicted octanol–water partition coefficient (Wildman–Crippen LogP) is 2.74. The van der Waals surface area contributed by atoms with Gasteiger partial charge in [-0.15, -0.1) is 0 Å². The van der Waals surface area contributed by atoms with E-state index in [-0.39, 0.29) is 12.3 Å². The van der Waals surface area contributed by atoms with Gasteiger partial charge in [0.05, 0.1) is 0 Å². The van der Waals surface area contributed by atoms with Crippen LogP contribution in [0.3, 0.4) is 0 Å². The second-order valence-electron chi connectivity index (χ2n) is 5.69. The third-order valence-electron chi connectivity index (χ3n) is 3.83. The normalized spacial score (nSPS) is 10.3. The van der Waals surface area contributed by atoms with Gasteiger partial charge in [-0.1, -0.05) is 60.6 Å². The number of carbonyl (C=O) groups is 2. The SMILES string of the molecule is CCc1ccccc1OCC(=O)NNC(=O)c1cc(-c2ccccc2)on1. The van der Waals surface area contributed by atoms with Gasteiger partial charge in [-0.25, -0.2) is 0 Å². The first-order valence-corrected chi connectivity index (χ1v) is 8.49. The molecule has 0 unspecified atom stereocenters. The lowest BCUT2D eigenvalue weighted by Gasteiger charge is -2.10. The smallest absolute Gasteiger partial charge is 0.291 e. The number of ether oxygens (including phenoxy) is 1. The molecule has 2 amide bonds. The van der Waals surface area contributed by atoms with Crippen molar-refractivity contribution in [3.63, 3.8) is 0 Å². The van der Waals surface area contributed by atoms with Crippen LogP contribution in [0.1, 0.15) is 23.0 Å². The van der Waals surface area contributed by atoms with Crippen molar-refractivity contribution in [1.29, 1.82) is 0 Å². The summed E-state index contributed by atoms with van der Waals surface area (Å²) in [6, 6.07) is 18.3. The van der Waals surface area contributed by atoms with Gasteiger partial charge in [-0.2, -0.15) is 0 Å². The van der Waals surface area contributed by atoms with Crippen molar-refractivity contribution >= 4 is 11.8 Å². The fourth-order valence-electron chi connectivity index (χ4n) is 2.43. The first-order valence-electron chi connectivity index (χ1n) is 8.49. The van der Waals surface area contributed by atoms with Crippen LogP contribution in [0, 0.1) is 0 Å². The average Bonchev–Trinajstić information content (AvgIpc) is 3.21. The predicted molar refractivity (Wildman–Crippen MR) is 98.9 cm³/mol. The molecule has 7 nitrogen and oxygen atoms in total. The molecule has 2 aromatic carbocycles. The minimum Gasteiger partial charge on any atom is -0.483 e. The van der Waals surface area contributed by atoms with E-state index in [1.165, 1.54) is 6.07 Å². The van der Waals surface area contributed by atoms with E-state index < -0.39 is 11.8 Å². The highest BCUT2D eigenvalue weighted by Gasteiger charge is 2.14. The Balaban J connectivity index is 1.50. The lowest BCUT2D eigenvalue weighted by Crippen LogP contribution is -2.44. The molecule has 0 saturated heterocycles. The zero-order chi connectivity index (χ0) is 19.1. The lowest BCUT2D eigenvalue weighted by atomic mass is 10.1. The Bertz CT molecular complexity index is 922. The van der Waals surface area contributed by atoms with Gasteiger partial charge in [0, 0.05) is 11.6 Å². The number of nitrogens with one attached hydrogen (secondary N) is 2. The standard InChI is InChI=1S/C20H19N3O4/c1-2-14-8-6-7-11-17(14)26-13-19(24)21-22-20(25)16-12-18(27-23-16)15-9-4-3-5-10-15/h3-12H,2,13H2,1H3,(H,21,24)(H,22,25). The summed E-state index contributed by atoms with van der Waals surface area (Å²) in [4.78, 5) is 24.0. The van der Waals surface area contributed by atoms with E-state index in [2.05, 4.69) is 16.0 Å². The molecule has 0 radical (unpaired) electrons. The van der Waals surface area contributed by atoms with Gasteiger partial charge in [0.1, 0.15) is 5.75 Å². The van der Waals surface area contributed by atoms with Crippen LogP contribution in [0.15, 0.2) is 65.2 Å². The Morgan fingerprint density at radius 1 is 1.04 bits per heavy atom. The first kappa shape index (κ1) is 18.2. The van der Waals surface area contributed by atoms with Crippen molar-refractivity contribution in [2.24, 2.45) is 0 Å². The van der Waals surface area contributed by atoms with Gasteiger partial charge < -0.3 is 9.26 Å². The number of benzene rings is 2. The number of carbonyl (C=O) groups excluding carboxylic acids is 2. The molecule has 7 heteroatoms. The van der Waals surface area contributed by atoms with E-state index in [0.717, 1.165) is 17.5 Å². The third kappa shape index (κ3) is 4.72. The summed E-state index contributed by atoms with van der Waals surface area (Å²) in [7, 11) is 0. The third-order valence-corrected chi connectivity index (χ3v) is 3.83. The molecule has 0 aliphatic rings. The van der Waals surface area contributed by atoms with Crippen molar-refractivity contribution in [2.75, 3.05) is 6.61 Å². The van der Waals surface area contributed by atoms with Crippen LogP contribution >= 0.6 is 0 Å². The highest BCUT2D eigenvalue weighted by atomic mass is 16.5. The fraction of sp³-hybridized carbons (Fsp3) is 0.150. The Morgan fingerprint density at radius 3 is 2.56 bits per heavy atom. The number of hydrazine groups is 1. The van der Waals surface area contributed by atoms with Crippen molar-refractivity contribution in [2.45, 2.75) is 13.3 Å². The summed E-state index contributed by atoms with van der Waals surface area (Å²) in [6.45, 7) is 1.79. The first-order chi connectivity index (χ1) is 13.2. The number of nitrogens with zero attached hydrogens (tertiary/aromatic N) is 1. The Morgan fingerprint density at radius 2 is 1.78 bits per heavy atom. The van der Waals surface area contributed by atoms with Crippen LogP contribution in [0.25, 0.3) is 11.3 Å². The van der Waals surface area contributed by atoms with Crippen molar-refractivity contribution in [3.8, 4) is 17.1 Å². The zero-order valence-corrected chi connectivity index (χ0v) is 14.8. The molecule has 0 aliphatic heterocycles. The lowest BCUT2D eigenvalue weighted by molar-refractivity contribution is -0.123. The minimum absolute atomic E-state index is 0.0615. The maximum atomic E-state index is 12.1. The molecule has 0 aliphatic carbocycles. The topological polar surface area (TPSA) is 93.5 Å². The quantitative estimate of drug-likeness (QED) is 0.655. The summed E-state index contributed by atoms with van der Waals surface area (Å²) in [5, 5.41) is 3.72. The van der Waals surface area contributed by atoms with Gasteiger partial charge >= 0.3 is 0 Å². The molecule has 0 atom stereocenters. The molecule has 138 valence electrons.